The Kier molecular flexibility index (Phi) is 8.41. The summed E-state index contributed by atoms with van der Waals surface area (Å²) in [5.41, 5.74) is -0.984. The molecule has 0 saturated heterocycles. The number of aliphatic hydroxyl groups is 1. The van der Waals surface area contributed by atoms with Crippen LogP contribution < -0.4 is 11.0 Å². The molecule has 2 N–H and O–H groups in total. The van der Waals surface area contributed by atoms with Crippen LogP contribution in [0.1, 0.15) is 16.4 Å². The Balaban J connectivity index is 1.77. The molecule has 1 atom stereocenters. The number of pyridine rings is 1. The minimum atomic E-state index is -5.05. The topological polar surface area (TPSA) is 133 Å². The summed E-state index contributed by atoms with van der Waals surface area (Å²) in [7, 11) is 0. The molecule has 4 aromatic rings. The molecule has 3 heterocycles. The summed E-state index contributed by atoms with van der Waals surface area (Å²) in [6, 6.07) is 6.87. The normalized spacial score (nSPS) is 12.9. The van der Waals surface area contributed by atoms with Gasteiger partial charge in [0.25, 0.3) is 5.91 Å². The van der Waals surface area contributed by atoms with Gasteiger partial charge in [0.05, 0.1) is 17.8 Å². The monoisotopic (exact) mass is 624 g/mol. The molecule has 19 heteroatoms. The third-order valence-corrected chi connectivity index (χ3v) is 5.90. The zero-order valence-electron chi connectivity index (χ0n) is 20.2. The maximum Gasteiger partial charge on any atom is 0.416 e. The molecule has 4 rings (SSSR count). The fraction of sp³-hybridized carbons (Fsp3) is 0.273. The maximum absolute atomic E-state index is 13.1. The quantitative estimate of drug-likeness (QED) is 0.288. The second-order valence-electron chi connectivity index (χ2n) is 8.33. The molecule has 0 aliphatic carbocycles. The predicted octanol–water partition coefficient (Wildman–Crippen LogP) is 3.26. The predicted molar refractivity (Wildman–Crippen MR) is 131 cm³/mol. The number of alkyl halides is 6. The fourth-order valence-corrected chi connectivity index (χ4v) is 3.76. The molecule has 11 nitrogen and oxygen atoms in total. The number of benzene rings is 1. The van der Waals surface area contributed by atoms with Gasteiger partial charge in [-0.15, -0.1) is 10.2 Å². The summed E-state index contributed by atoms with van der Waals surface area (Å²) in [4.78, 5) is 33.5. The van der Waals surface area contributed by atoms with Crippen molar-refractivity contribution in [2.45, 2.75) is 31.5 Å². The van der Waals surface area contributed by atoms with Gasteiger partial charge in [0.15, 0.2) is 17.8 Å². The van der Waals surface area contributed by atoms with Crippen LogP contribution >= 0.6 is 23.2 Å². The summed E-state index contributed by atoms with van der Waals surface area (Å²) in [6.07, 6.45) is -10.3. The molecule has 0 spiro atoms. The fourth-order valence-electron chi connectivity index (χ4n) is 3.45. The molecular formula is C22H16Cl2F6N8O3. The first-order chi connectivity index (χ1) is 19.1. The van der Waals surface area contributed by atoms with Crippen LogP contribution in [-0.2, 0) is 13.1 Å². The third-order valence-electron chi connectivity index (χ3n) is 5.33. The number of aromatic nitrogens is 7. The molecule has 0 aliphatic rings. The van der Waals surface area contributed by atoms with Crippen LogP contribution in [0.4, 0.5) is 26.3 Å². The van der Waals surface area contributed by atoms with Crippen LogP contribution in [0.2, 0.25) is 10.0 Å². The van der Waals surface area contributed by atoms with Gasteiger partial charge in [0.1, 0.15) is 18.8 Å². The van der Waals surface area contributed by atoms with Crippen LogP contribution in [0.25, 0.3) is 17.1 Å². The average molecular weight is 625 g/mol. The van der Waals surface area contributed by atoms with Gasteiger partial charge in [0, 0.05) is 16.8 Å². The maximum atomic E-state index is 13.1. The number of carbonyl (C=O) groups excluding carboxylic acids is 1. The van der Waals surface area contributed by atoms with Crippen LogP contribution in [-0.4, -0.2) is 70.1 Å². The van der Waals surface area contributed by atoms with E-state index in [9.17, 15) is 41.0 Å². The van der Waals surface area contributed by atoms with Crippen LogP contribution in [0, 0.1) is 0 Å². The Morgan fingerprint density at radius 2 is 1.73 bits per heavy atom. The van der Waals surface area contributed by atoms with Gasteiger partial charge < -0.3 is 10.4 Å². The molecule has 0 fully saturated rings. The average Bonchev–Trinajstić information content (AvgIpc) is 3.44. The Hall–Kier alpha value is -3.96. The molecule has 0 aliphatic heterocycles. The molecule has 1 unspecified atom stereocenters. The smallest absolute Gasteiger partial charge is 0.382 e. The number of aliphatic hydroxyl groups excluding tert-OH is 1. The van der Waals surface area contributed by atoms with E-state index in [1.807, 2.05) is 0 Å². The number of nitrogens with one attached hydrogen (secondary N) is 1. The summed E-state index contributed by atoms with van der Waals surface area (Å²) >= 11 is 12.0. The van der Waals surface area contributed by atoms with Gasteiger partial charge in [0.2, 0.25) is 5.82 Å². The van der Waals surface area contributed by atoms with Crippen molar-refractivity contribution in [3.8, 4) is 17.1 Å². The van der Waals surface area contributed by atoms with Gasteiger partial charge in [-0.05, 0) is 30.3 Å². The Morgan fingerprint density at radius 3 is 2.34 bits per heavy atom. The second kappa shape index (κ2) is 11.5. The number of hydrogen-bond donors (Lipinski definition) is 2. The van der Waals surface area contributed by atoms with E-state index >= 15 is 0 Å². The van der Waals surface area contributed by atoms with E-state index in [0.717, 1.165) is 10.9 Å². The summed E-state index contributed by atoms with van der Waals surface area (Å²) in [6.45, 7) is -3.54. The van der Waals surface area contributed by atoms with Crippen molar-refractivity contribution in [2.75, 3.05) is 6.54 Å². The highest BCUT2D eigenvalue weighted by molar-refractivity contribution is 6.32. The first-order valence-electron chi connectivity index (χ1n) is 11.2. The van der Waals surface area contributed by atoms with E-state index in [1.54, 1.807) is 5.32 Å². The van der Waals surface area contributed by atoms with Crippen LogP contribution in [0.15, 0.2) is 47.5 Å². The lowest BCUT2D eigenvalue weighted by Crippen LogP contribution is -2.37. The Bertz CT molecular complexity index is 1620. The van der Waals surface area contributed by atoms with Gasteiger partial charge in [-0.2, -0.15) is 26.3 Å². The van der Waals surface area contributed by atoms with E-state index < -0.39 is 55.5 Å². The molecule has 41 heavy (non-hydrogen) atoms. The number of halogens is 8. The first kappa shape index (κ1) is 30.0. The molecule has 0 saturated carbocycles. The molecule has 218 valence electrons. The lowest BCUT2D eigenvalue weighted by atomic mass is 10.2. The molecule has 0 bridgehead atoms. The van der Waals surface area contributed by atoms with Crippen molar-refractivity contribution in [3.05, 3.63) is 74.9 Å². The lowest BCUT2D eigenvalue weighted by molar-refractivity contribution is -0.207. The standard InChI is InChI=1S/C22H16Cl2F6N8O3/c23-12-3-1-11(2-4-12)17-35-37(20(41)36(17)8-15(39)22(28,29)30)9-16-33-18(19(40)32-10-21(25,26)27)38(34-16)14-7-31-6-5-13(14)24/h1-7,15,39H,8-10H2,(H,32,40). The van der Waals surface area contributed by atoms with Crippen molar-refractivity contribution in [2.24, 2.45) is 0 Å². The third kappa shape index (κ3) is 7.04. The molecular weight excluding hydrogens is 609 g/mol. The minimum absolute atomic E-state index is 0.00562. The SMILES string of the molecule is O=C(NCC(F)(F)F)c1nc(Cn2nc(-c3ccc(Cl)cc3)n(CC(O)C(F)(F)F)c2=O)nn1-c1cnccc1Cl. The van der Waals surface area contributed by atoms with E-state index in [1.165, 1.54) is 36.5 Å². The summed E-state index contributed by atoms with van der Waals surface area (Å²) in [5.74, 6) is -2.56. The molecule has 1 aromatic carbocycles. The van der Waals surface area contributed by atoms with Crippen LogP contribution in [0.3, 0.4) is 0 Å². The van der Waals surface area contributed by atoms with Crippen molar-refractivity contribution in [3.63, 3.8) is 0 Å². The van der Waals surface area contributed by atoms with Crippen molar-refractivity contribution < 1.29 is 36.2 Å². The lowest BCUT2D eigenvalue weighted by Gasteiger charge is -2.15. The largest absolute Gasteiger partial charge is 0.416 e. The van der Waals surface area contributed by atoms with E-state index in [4.69, 9.17) is 23.2 Å². The van der Waals surface area contributed by atoms with Gasteiger partial charge >= 0.3 is 18.0 Å². The molecule has 1 amide bonds. The van der Waals surface area contributed by atoms with Crippen molar-refractivity contribution in [1.82, 2.24) is 39.4 Å². The van der Waals surface area contributed by atoms with E-state index in [-0.39, 0.29) is 32.9 Å². The van der Waals surface area contributed by atoms with Gasteiger partial charge in [-0.25, -0.2) is 19.1 Å². The Morgan fingerprint density at radius 1 is 1.05 bits per heavy atom. The van der Waals surface area contributed by atoms with E-state index in [0.29, 0.717) is 9.25 Å². The number of carbonyl (C=O) groups is 1. The van der Waals surface area contributed by atoms with Crippen molar-refractivity contribution in [1.29, 1.82) is 0 Å². The zero-order chi connectivity index (χ0) is 30.1. The molecule has 0 radical (unpaired) electrons. The van der Waals surface area contributed by atoms with Crippen LogP contribution in [0.5, 0.6) is 0 Å². The van der Waals surface area contributed by atoms with Crippen molar-refractivity contribution >= 4 is 29.1 Å². The zero-order valence-corrected chi connectivity index (χ0v) is 21.7. The summed E-state index contributed by atoms with van der Waals surface area (Å²) < 4.78 is 79.4. The summed E-state index contributed by atoms with van der Waals surface area (Å²) in [5, 5.41) is 19.7. The minimum Gasteiger partial charge on any atom is -0.382 e. The number of amides is 1. The number of rotatable bonds is 8. The first-order valence-corrected chi connectivity index (χ1v) is 12.0. The number of hydrogen-bond acceptors (Lipinski definition) is 7. The molecule has 3 aromatic heterocycles. The van der Waals surface area contributed by atoms with Gasteiger partial charge in [-0.1, -0.05) is 23.2 Å². The number of nitrogens with zero attached hydrogens (tertiary/aromatic N) is 7. The van der Waals surface area contributed by atoms with E-state index in [2.05, 4.69) is 20.2 Å². The highest BCUT2D eigenvalue weighted by Gasteiger charge is 2.39. The Labute approximate surface area is 235 Å². The van der Waals surface area contributed by atoms with Gasteiger partial charge in [-0.3, -0.25) is 14.3 Å². The second-order valence-corrected chi connectivity index (χ2v) is 9.17. The highest BCUT2D eigenvalue weighted by Crippen LogP contribution is 2.25. The highest BCUT2D eigenvalue weighted by atomic mass is 35.5.